The molecule has 6 heteroatoms. The van der Waals surface area contributed by atoms with Gasteiger partial charge in [0.2, 0.25) is 0 Å². The molecule has 138 valence electrons. The van der Waals surface area contributed by atoms with Crippen molar-refractivity contribution in [1.82, 2.24) is 5.32 Å². The van der Waals surface area contributed by atoms with Crippen molar-refractivity contribution >= 4 is 28.5 Å². The van der Waals surface area contributed by atoms with Crippen molar-refractivity contribution in [1.29, 1.82) is 0 Å². The maximum absolute atomic E-state index is 12.9. The van der Waals surface area contributed by atoms with E-state index in [0.29, 0.717) is 6.42 Å². The highest BCUT2D eigenvalue weighted by Crippen LogP contribution is 2.45. The van der Waals surface area contributed by atoms with E-state index in [2.05, 4.69) is 19.2 Å². The third kappa shape index (κ3) is 3.32. The molecule has 1 N–H and O–H groups in total. The molecule has 2 aliphatic rings. The molecule has 0 saturated heterocycles. The van der Waals surface area contributed by atoms with Gasteiger partial charge in [-0.25, -0.2) is 0 Å². The second kappa shape index (κ2) is 6.46. The molecule has 1 aromatic carbocycles. The maximum atomic E-state index is 12.9. The predicted molar refractivity (Wildman–Crippen MR) is 106 cm³/mol. The van der Waals surface area contributed by atoms with Gasteiger partial charge in [0.1, 0.15) is 0 Å². The minimum atomic E-state index is -0.387. The Morgan fingerprint density at radius 1 is 1.22 bits per heavy atom. The van der Waals surface area contributed by atoms with Crippen LogP contribution >= 0.6 is 11.3 Å². The van der Waals surface area contributed by atoms with Gasteiger partial charge in [-0.3, -0.25) is 14.9 Å². The maximum Gasteiger partial charge on any atom is 0.270 e. The number of thiophene rings is 1. The first-order valence-corrected chi connectivity index (χ1v) is 9.75. The molecule has 0 saturated carbocycles. The molecule has 1 unspecified atom stereocenters. The summed E-state index contributed by atoms with van der Waals surface area (Å²) in [6.07, 6.45) is 3.34. The van der Waals surface area contributed by atoms with Gasteiger partial charge < -0.3 is 5.32 Å². The Labute approximate surface area is 161 Å². The molecule has 1 atom stereocenters. The number of Topliss-reactive ketones (excluding diaryl/α,β-unsaturated/α-hetero) is 1. The number of carbonyl (C=O) groups is 1. The van der Waals surface area contributed by atoms with Crippen molar-refractivity contribution in [3.8, 4) is 0 Å². The zero-order valence-electron chi connectivity index (χ0n) is 15.2. The minimum absolute atomic E-state index is 0.0581. The van der Waals surface area contributed by atoms with Crippen LogP contribution in [0.5, 0.6) is 0 Å². The zero-order chi connectivity index (χ0) is 19.2. The van der Waals surface area contributed by atoms with Gasteiger partial charge in [0.15, 0.2) is 5.78 Å². The molecule has 0 amide bonds. The number of dihydropyridines is 1. The van der Waals surface area contributed by atoms with E-state index in [9.17, 15) is 14.9 Å². The highest BCUT2D eigenvalue weighted by molar-refractivity contribution is 7.10. The zero-order valence-corrected chi connectivity index (χ0v) is 16.0. The normalized spacial score (nSPS) is 21.3. The number of ketones is 1. The average molecular weight is 380 g/mol. The van der Waals surface area contributed by atoms with Crippen LogP contribution in [-0.4, -0.2) is 10.7 Å². The van der Waals surface area contributed by atoms with E-state index in [-0.39, 0.29) is 27.7 Å². The number of benzene rings is 1. The van der Waals surface area contributed by atoms with E-state index in [4.69, 9.17) is 0 Å². The SMILES string of the molecule is CC1(C)CC(=O)C2=C(C1)NC(c1cccc([N+](=O)[O-])c1)=CC2c1cccs1. The smallest absolute Gasteiger partial charge is 0.270 e. The van der Waals surface area contributed by atoms with Crippen molar-refractivity contribution in [3.63, 3.8) is 0 Å². The largest absolute Gasteiger partial charge is 0.358 e. The molecule has 1 aromatic heterocycles. The van der Waals surface area contributed by atoms with Crippen LogP contribution < -0.4 is 5.32 Å². The number of carbonyl (C=O) groups excluding carboxylic acids is 1. The number of hydrogen-bond donors (Lipinski definition) is 1. The third-order valence-corrected chi connectivity index (χ3v) is 6.02. The number of nitro benzene ring substituents is 1. The number of allylic oxidation sites excluding steroid dienone is 3. The van der Waals surface area contributed by atoms with E-state index in [0.717, 1.165) is 33.8 Å². The van der Waals surface area contributed by atoms with Gasteiger partial charge >= 0.3 is 0 Å². The summed E-state index contributed by atoms with van der Waals surface area (Å²) in [7, 11) is 0. The quantitative estimate of drug-likeness (QED) is 0.599. The summed E-state index contributed by atoms with van der Waals surface area (Å²) in [6, 6.07) is 10.6. The fourth-order valence-electron chi connectivity index (χ4n) is 3.91. The fourth-order valence-corrected chi connectivity index (χ4v) is 4.71. The number of hydrogen-bond acceptors (Lipinski definition) is 5. The van der Waals surface area contributed by atoms with E-state index in [1.54, 1.807) is 23.5 Å². The van der Waals surface area contributed by atoms with Crippen LogP contribution in [0.15, 0.2) is 59.1 Å². The second-order valence-electron chi connectivity index (χ2n) is 7.84. The number of rotatable bonds is 3. The highest BCUT2D eigenvalue weighted by atomic mass is 32.1. The van der Waals surface area contributed by atoms with Crippen molar-refractivity contribution in [3.05, 3.63) is 79.7 Å². The van der Waals surface area contributed by atoms with E-state index in [1.807, 2.05) is 29.7 Å². The predicted octanol–water partition coefficient (Wildman–Crippen LogP) is 5.03. The topological polar surface area (TPSA) is 72.2 Å². The van der Waals surface area contributed by atoms with E-state index < -0.39 is 0 Å². The van der Waals surface area contributed by atoms with E-state index in [1.165, 1.54) is 6.07 Å². The summed E-state index contributed by atoms with van der Waals surface area (Å²) in [4.78, 5) is 24.8. The molecule has 1 aliphatic carbocycles. The lowest BCUT2D eigenvalue weighted by atomic mass is 9.71. The summed E-state index contributed by atoms with van der Waals surface area (Å²) in [5.41, 5.74) is 3.32. The average Bonchev–Trinajstić information content (AvgIpc) is 3.14. The van der Waals surface area contributed by atoms with Gasteiger partial charge in [0, 0.05) is 51.9 Å². The fraction of sp³-hybridized carbons (Fsp3) is 0.286. The van der Waals surface area contributed by atoms with Crippen LogP contribution in [-0.2, 0) is 4.79 Å². The first-order valence-electron chi connectivity index (χ1n) is 8.87. The van der Waals surface area contributed by atoms with E-state index >= 15 is 0 Å². The third-order valence-electron chi connectivity index (χ3n) is 5.07. The standard InChI is InChI=1S/C21H20N2O3S/c1-21(2)11-17-20(18(24)12-21)15(19-7-4-8-27-19)10-16(22-17)13-5-3-6-14(9-13)23(25)26/h3-10,15,22H,11-12H2,1-2H3. The lowest BCUT2D eigenvalue weighted by molar-refractivity contribution is -0.384. The highest BCUT2D eigenvalue weighted by Gasteiger charge is 2.38. The molecule has 4 rings (SSSR count). The Kier molecular flexibility index (Phi) is 4.23. The molecule has 0 bridgehead atoms. The molecular formula is C21H20N2O3S. The van der Waals surface area contributed by atoms with Crippen molar-refractivity contribution in [2.45, 2.75) is 32.6 Å². The van der Waals surface area contributed by atoms with Crippen molar-refractivity contribution in [2.75, 3.05) is 0 Å². The minimum Gasteiger partial charge on any atom is -0.358 e. The molecule has 5 nitrogen and oxygen atoms in total. The summed E-state index contributed by atoms with van der Waals surface area (Å²) in [5, 5.41) is 16.6. The Bertz CT molecular complexity index is 987. The lowest BCUT2D eigenvalue weighted by Crippen LogP contribution is -2.35. The Morgan fingerprint density at radius 3 is 2.74 bits per heavy atom. The molecule has 0 radical (unpaired) electrons. The Hall–Kier alpha value is -2.73. The van der Waals surface area contributed by atoms with Gasteiger partial charge in [-0.1, -0.05) is 32.0 Å². The van der Waals surface area contributed by atoms with Gasteiger partial charge in [-0.2, -0.15) is 0 Å². The first kappa shape index (κ1) is 17.7. The summed E-state index contributed by atoms with van der Waals surface area (Å²) < 4.78 is 0. The number of nitrogens with one attached hydrogen (secondary N) is 1. The molecule has 1 aliphatic heterocycles. The first-order chi connectivity index (χ1) is 12.8. The van der Waals surface area contributed by atoms with Crippen molar-refractivity contribution in [2.24, 2.45) is 5.41 Å². The van der Waals surface area contributed by atoms with Gasteiger partial charge in [-0.15, -0.1) is 11.3 Å². The van der Waals surface area contributed by atoms with Crippen molar-refractivity contribution < 1.29 is 9.72 Å². The van der Waals surface area contributed by atoms with Gasteiger partial charge in [0.05, 0.1) is 4.92 Å². The summed E-state index contributed by atoms with van der Waals surface area (Å²) in [6.45, 7) is 4.20. The number of non-ortho nitro benzene ring substituents is 1. The Balaban J connectivity index is 1.82. The Morgan fingerprint density at radius 2 is 2.04 bits per heavy atom. The van der Waals surface area contributed by atoms with Crippen LogP contribution in [0, 0.1) is 15.5 Å². The van der Waals surface area contributed by atoms with Crippen LogP contribution in [0.3, 0.4) is 0 Å². The molecular weight excluding hydrogens is 360 g/mol. The number of nitrogens with zero attached hydrogens (tertiary/aromatic N) is 1. The van der Waals surface area contributed by atoms with Gasteiger partial charge in [-0.05, 0) is 29.4 Å². The number of nitro groups is 1. The second-order valence-corrected chi connectivity index (χ2v) is 8.82. The van der Waals surface area contributed by atoms with Crippen LogP contribution in [0.25, 0.3) is 5.70 Å². The van der Waals surface area contributed by atoms with Crippen LogP contribution in [0.2, 0.25) is 0 Å². The van der Waals surface area contributed by atoms with Crippen LogP contribution in [0.1, 0.15) is 43.0 Å². The monoisotopic (exact) mass is 380 g/mol. The molecule has 0 fully saturated rings. The molecule has 2 heterocycles. The lowest BCUT2D eigenvalue weighted by Gasteiger charge is -2.37. The molecule has 27 heavy (non-hydrogen) atoms. The summed E-state index contributed by atoms with van der Waals surface area (Å²) in [5.74, 6) is 0.0700. The molecule has 2 aromatic rings. The summed E-state index contributed by atoms with van der Waals surface area (Å²) >= 11 is 1.63. The molecule has 0 spiro atoms. The van der Waals surface area contributed by atoms with Gasteiger partial charge in [0.25, 0.3) is 5.69 Å². The van der Waals surface area contributed by atoms with Crippen LogP contribution in [0.4, 0.5) is 5.69 Å².